The fraction of sp³-hybridized carbons (Fsp3) is 0.0370. The van der Waals surface area contributed by atoms with E-state index in [-0.39, 0.29) is 5.78 Å². The third-order valence-electron chi connectivity index (χ3n) is 5.39. The molecule has 5 aromatic rings. The lowest BCUT2D eigenvalue weighted by Gasteiger charge is -2.10. The number of pyridine rings is 1. The standard InChI is InChI=1S/C27H20NO/c29-26(22-11-2-1-3-12-22)19-28-18-17-21-10-5-7-15-24(21)27(28)25-16-8-13-20-9-4-6-14-23(20)25/h1-18H,19H2/q+1. The molecule has 0 radical (unpaired) electrons. The van der Waals surface area contributed by atoms with Crippen LogP contribution in [0.5, 0.6) is 0 Å². The second-order valence-electron chi connectivity index (χ2n) is 7.20. The van der Waals surface area contributed by atoms with E-state index in [4.69, 9.17) is 0 Å². The fourth-order valence-electron chi connectivity index (χ4n) is 3.99. The lowest BCUT2D eigenvalue weighted by atomic mass is 9.97. The number of hydrogen-bond acceptors (Lipinski definition) is 1. The molecule has 0 fully saturated rings. The van der Waals surface area contributed by atoms with Crippen LogP contribution in [0.3, 0.4) is 0 Å². The number of carbonyl (C=O) groups excluding carboxylic acids is 1. The van der Waals surface area contributed by atoms with Crippen LogP contribution in [0.15, 0.2) is 109 Å². The van der Waals surface area contributed by atoms with Crippen molar-refractivity contribution < 1.29 is 9.36 Å². The van der Waals surface area contributed by atoms with Gasteiger partial charge >= 0.3 is 0 Å². The molecule has 0 saturated heterocycles. The molecule has 0 N–H and O–H groups in total. The van der Waals surface area contributed by atoms with E-state index >= 15 is 0 Å². The summed E-state index contributed by atoms with van der Waals surface area (Å²) in [6, 6.07) is 34.7. The minimum atomic E-state index is 0.104. The molecule has 0 aliphatic heterocycles. The molecular weight excluding hydrogens is 354 g/mol. The Balaban J connectivity index is 1.74. The van der Waals surface area contributed by atoms with Crippen molar-refractivity contribution in [3.63, 3.8) is 0 Å². The zero-order chi connectivity index (χ0) is 19.6. The van der Waals surface area contributed by atoms with Crippen molar-refractivity contribution in [1.29, 1.82) is 0 Å². The monoisotopic (exact) mass is 374 g/mol. The SMILES string of the molecule is O=C(C[n+]1ccc2ccccc2c1-c1cccc2ccccc12)c1ccccc1. The van der Waals surface area contributed by atoms with Gasteiger partial charge in [-0.25, -0.2) is 0 Å². The second kappa shape index (κ2) is 7.33. The Morgan fingerprint density at radius 2 is 1.24 bits per heavy atom. The zero-order valence-electron chi connectivity index (χ0n) is 16.0. The molecule has 2 nitrogen and oxygen atoms in total. The first kappa shape index (κ1) is 17.3. The average molecular weight is 374 g/mol. The van der Waals surface area contributed by atoms with Gasteiger partial charge in [-0.1, -0.05) is 84.9 Å². The highest BCUT2D eigenvalue weighted by Gasteiger charge is 2.22. The van der Waals surface area contributed by atoms with Crippen LogP contribution in [0.1, 0.15) is 10.4 Å². The molecule has 4 aromatic carbocycles. The van der Waals surface area contributed by atoms with Crippen LogP contribution in [0, 0.1) is 0 Å². The molecule has 0 spiro atoms. The van der Waals surface area contributed by atoms with Gasteiger partial charge in [-0.15, -0.1) is 0 Å². The molecule has 0 bridgehead atoms. The number of aromatic nitrogens is 1. The molecule has 0 unspecified atom stereocenters. The van der Waals surface area contributed by atoms with Gasteiger partial charge in [0.25, 0.3) is 0 Å². The van der Waals surface area contributed by atoms with Crippen LogP contribution in [0.25, 0.3) is 32.8 Å². The third-order valence-corrected chi connectivity index (χ3v) is 5.39. The van der Waals surface area contributed by atoms with E-state index < -0.39 is 0 Å². The Morgan fingerprint density at radius 1 is 0.621 bits per heavy atom. The molecule has 0 aliphatic rings. The quantitative estimate of drug-likeness (QED) is 0.286. The molecule has 1 heterocycles. The summed E-state index contributed by atoms with van der Waals surface area (Å²) >= 11 is 0. The molecule has 5 rings (SSSR count). The third kappa shape index (κ3) is 3.19. The topological polar surface area (TPSA) is 20.9 Å². The van der Waals surface area contributed by atoms with Crippen molar-refractivity contribution in [3.8, 4) is 11.3 Å². The highest BCUT2D eigenvalue weighted by atomic mass is 16.1. The van der Waals surface area contributed by atoms with E-state index in [1.807, 2.05) is 36.5 Å². The number of rotatable bonds is 4. The molecule has 0 atom stereocenters. The van der Waals surface area contributed by atoms with Crippen molar-refractivity contribution in [3.05, 3.63) is 115 Å². The van der Waals surface area contributed by atoms with Gasteiger partial charge in [0.2, 0.25) is 18.0 Å². The van der Waals surface area contributed by atoms with Crippen LogP contribution in [-0.2, 0) is 6.54 Å². The minimum Gasteiger partial charge on any atom is -0.287 e. The molecule has 1 aromatic heterocycles. The van der Waals surface area contributed by atoms with Crippen molar-refractivity contribution >= 4 is 27.3 Å². The normalized spacial score (nSPS) is 11.0. The Bertz CT molecular complexity index is 1330. The molecule has 0 aliphatic carbocycles. The van der Waals surface area contributed by atoms with Crippen molar-refractivity contribution in [2.24, 2.45) is 0 Å². The number of carbonyl (C=O) groups is 1. The van der Waals surface area contributed by atoms with Crippen LogP contribution < -0.4 is 4.57 Å². The lowest BCUT2D eigenvalue weighted by Crippen LogP contribution is -2.40. The molecule has 0 saturated carbocycles. The summed E-state index contributed by atoms with van der Waals surface area (Å²) in [6.07, 6.45) is 2.03. The Morgan fingerprint density at radius 3 is 2.03 bits per heavy atom. The predicted octanol–water partition coefficient (Wildman–Crippen LogP) is 5.83. The Kier molecular flexibility index (Phi) is 4.38. The van der Waals surface area contributed by atoms with Gasteiger partial charge in [0, 0.05) is 11.6 Å². The predicted molar refractivity (Wildman–Crippen MR) is 118 cm³/mol. The summed E-state index contributed by atoms with van der Waals surface area (Å²) in [5.41, 5.74) is 2.95. The molecule has 0 amide bonds. The van der Waals surface area contributed by atoms with Crippen molar-refractivity contribution in [2.45, 2.75) is 6.54 Å². The summed E-state index contributed by atoms with van der Waals surface area (Å²) in [6.45, 7) is 0.299. The smallest absolute Gasteiger partial charge is 0.227 e. The van der Waals surface area contributed by atoms with Gasteiger partial charge in [0.05, 0.1) is 10.9 Å². The molecule has 2 heteroatoms. The number of benzene rings is 4. The van der Waals surface area contributed by atoms with Gasteiger partial charge in [-0.2, -0.15) is 4.57 Å². The van der Waals surface area contributed by atoms with Crippen LogP contribution >= 0.6 is 0 Å². The summed E-state index contributed by atoms with van der Waals surface area (Å²) in [5.74, 6) is 0.104. The van der Waals surface area contributed by atoms with E-state index in [9.17, 15) is 4.79 Å². The van der Waals surface area contributed by atoms with E-state index in [0.717, 1.165) is 22.2 Å². The first-order chi connectivity index (χ1) is 14.3. The number of fused-ring (bicyclic) bond motifs is 2. The van der Waals surface area contributed by atoms with E-state index in [0.29, 0.717) is 6.54 Å². The van der Waals surface area contributed by atoms with Crippen LogP contribution in [0.2, 0.25) is 0 Å². The highest BCUT2D eigenvalue weighted by Crippen LogP contribution is 2.31. The number of hydrogen-bond donors (Lipinski definition) is 0. The molecule has 138 valence electrons. The number of ketones is 1. The highest BCUT2D eigenvalue weighted by molar-refractivity contribution is 6.03. The summed E-state index contributed by atoms with van der Waals surface area (Å²) in [4.78, 5) is 13.0. The average Bonchev–Trinajstić information content (AvgIpc) is 2.79. The van der Waals surface area contributed by atoms with Crippen molar-refractivity contribution in [2.75, 3.05) is 0 Å². The van der Waals surface area contributed by atoms with E-state index in [1.54, 1.807) is 0 Å². The van der Waals surface area contributed by atoms with Crippen molar-refractivity contribution in [1.82, 2.24) is 0 Å². The van der Waals surface area contributed by atoms with Gasteiger partial charge < -0.3 is 0 Å². The van der Waals surface area contributed by atoms with Gasteiger partial charge in [-0.05, 0) is 28.3 Å². The number of Topliss-reactive ketones (excluding diaryl/α,β-unsaturated/α-hetero) is 1. The summed E-state index contributed by atoms with van der Waals surface area (Å²) in [7, 11) is 0. The van der Waals surface area contributed by atoms with E-state index in [1.165, 1.54) is 16.2 Å². The lowest BCUT2D eigenvalue weighted by molar-refractivity contribution is -0.671. The summed E-state index contributed by atoms with van der Waals surface area (Å²) < 4.78 is 2.08. The maximum Gasteiger partial charge on any atom is 0.227 e. The van der Waals surface area contributed by atoms with Crippen LogP contribution in [-0.4, -0.2) is 5.78 Å². The Labute approximate surface area is 169 Å². The molecular formula is C27H20NO+. The first-order valence-corrected chi connectivity index (χ1v) is 9.79. The van der Waals surface area contributed by atoms with Crippen LogP contribution in [0.4, 0.5) is 0 Å². The van der Waals surface area contributed by atoms with Gasteiger partial charge in [0.1, 0.15) is 0 Å². The Hall–Kier alpha value is -3.78. The minimum absolute atomic E-state index is 0.104. The molecule has 29 heavy (non-hydrogen) atoms. The number of nitrogens with zero attached hydrogens (tertiary/aromatic N) is 1. The maximum atomic E-state index is 13.0. The maximum absolute atomic E-state index is 13.0. The second-order valence-corrected chi connectivity index (χ2v) is 7.20. The fourth-order valence-corrected chi connectivity index (χ4v) is 3.99. The largest absolute Gasteiger partial charge is 0.287 e. The van der Waals surface area contributed by atoms with Gasteiger partial charge in [-0.3, -0.25) is 4.79 Å². The van der Waals surface area contributed by atoms with E-state index in [2.05, 4.69) is 77.4 Å². The van der Waals surface area contributed by atoms with Gasteiger partial charge in [0.15, 0.2) is 6.20 Å². The first-order valence-electron chi connectivity index (χ1n) is 9.79. The summed E-state index contributed by atoms with van der Waals surface area (Å²) in [5, 5.41) is 4.69. The zero-order valence-corrected chi connectivity index (χ0v) is 16.0.